The largest absolute Gasteiger partial charge is 0.462 e. The van der Waals surface area contributed by atoms with E-state index in [1.807, 2.05) is 0 Å². The van der Waals surface area contributed by atoms with Crippen molar-refractivity contribution in [3.05, 3.63) is 12.7 Å². The molecular formula is C14H8F18O6S2. The van der Waals surface area contributed by atoms with Crippen molar-refractivity contribution >= 4 is 25.6 Å². The summed E-state index contributed by atoms with van der Waals surface area (Å²) < 4.78 is 282. The standard InChI is InChI=1S/C14H8F18O6S2/c1-2-5(33)38-4-3-6(39(34,35)13(29,30)9(19,20)7(15,16)11(23,24)25)40(36,37)14(31,32)10(21,22)8(17,18)12(26,27)28/h2,6H,1,3-4H2. The predicted octanol–water partition coefficient (Wildman–Crippen LogP) is 5.11. The Bertz CT molecular complexity index is 1100. The molecule has 0 aliphatic rings. The van der Waals surface area contributed by atoms with Crippen LogP contribution in [0, 0.1) is 0 Å². The van der Waals surface area contributed by atoms with E-state index in [9.17, 15) is 101 Å². The van der Waals surface area contributed by atoms with Crippen LogP contribution >= 0.6 is 0 Å². The van der Waals surface area contributed by atoms with E-state index < -0.39 is 89.8 Å². The van der Waals surface area contributed by atoms with Crippen molar-refractivity contribution in [2.45, 2.75) is 57.6 Å². The third kappa shape index (κ3) is 5.39. The zero-order valence-electron chi connectivity index (χ0n) is 17.8. The molecule has 0 aromatic carbocycles. The van der Waals surface area contributed by atoms with Crippen molar-refractivity contribution in [2.75, 3.05) is 6.61 Å². The fourth-order valence-corrected chi connectivity index (χ4v) is 6.70. The minimum absolute atomic E-state index is 0.00269. The van der Waals surface area contributed by atoms with Gasteiger partial charge in [-0.1, -0.05) is 6.58 Å². The van der Waals surface area contributed by atoms with Gasteiger partial charge in [0.2, 0.25) is 19.7 Å². The average molecular weight is 678 g/mol. The molecule has 0 radical (unpaired) electrons. The molecule has 0 aliphatic carbocycles. The lowest BCUT2D eigenvalue weighted by molar-refractivity contribution is -0.382. The summed E-state index contributed by atoms with van der Waals surface area (Å²) in [5.74, 6) is -35.1. The van der Waals surface area contributed by atoms with Crippen LogP contribution in [0.15, 0.2) is 12.7 Å². The first-order chi connectivity index (χ1) is 17.1. The lowest BCUT2D eigenvalue weighted by Gasteiger charge is -2.37. The Morgan fingerprint density at radius 1 is 0.600 bits per heavy atom. The van der Waals surface area contributed by atoms with Gasteiger partial charge in [-0.15, -0.1) is 0 Å². The summed E-state index contributed by atoms with van der Waals surface area (Å²) in [6, 6.07) is 0. The average Bonchev–Trinajstić information content (AvgIpc) is 2.73. The summed E-state index contributed by atoms with van der Waals surface area (Å²) in [5, 5.41) is -16.5. The number of carbonyl (C=O) groups is 1. The summed E-state index contributed by atoms with van der Waals surface area (Å²) >= 11 is 0. The number of sulfone groups is 2. The number of halogens is 18. The van der Waals surface area contributed by atoms with Crippen LogP contribution in [-0.4, -0.2) is 80.5 Å². The maximum absolute atomic E-state index is 14.1. The molecule has 0 spiro atoms. The van der Waals surface area contributed by atoms with Crippen molar-refractivity contribution in [1.29, 1.82) is 0 Å². The highest BCUT2D eigenvalue weighted by molar-refractivity contribution is 8.10. The van der Waals surface area contributed by atoms with Gasteiger partial charge in [0.1, 0.15) is 0 Å². The first-order valence-electron chi connectivity index (χ1n) is 8.75. The van der Waals surface area contributed by atoms with Gasteiger partial charge in [-0.05, 0) is 0 Å². The Labute approximate surface area is 208 Å². The van der Waals surface area contributed by atoms with E-state index in [2.05, 4.69) is 11.3 Å². The summed E-state index contributed by atoms with van der Waals surface area (Å²) in [7, 11) is -17.6. The van der Waals surface area contributed by atoms with E-state index in [0.29, 0.717) is 0 Å². The van der Waals surface area contributed by atoms with Gasteiger partial charge in [-0.25, -0.2) is 21.6 Å². The first-order valence-corrected chi connectivity index (χ1v) is 11.8. The second kappa shape index (κ2) is 10.3. The number of rotatable bonds is 12. The molecule has 6 nitrogen and oxygen atoms in total. The quantitative estimate of drug-likeness (QED) is 0.162. The van der Waals surface area contributed by atoms with Crippen molar-refractivity contribution in [1.82, 2.24) is 0 Å². The van der Waals surface area contributed by atoms with Crippen LogP contribution in [0.1, 0.15) is 6.42 Å². The lowest BCUT2D eigenvalue weighted by Crippen LogP contribution is -2.68. The minimum atomic E-state index is -8.80. The second-order valence-electron chi connectivity index (χ2n) is 7.01. The number of carbonyl (C=O) groups excluding carboxylic acids is 1. The maximum Gasteiger partial charge on any atom is 0.460 e. The number of ether oxygens (including phenoxy) is 1. The van der Waals surface area contributed by atoms with Crippen molar-refractivity contribution in [3.63, 3.8) is 0 Å². The molecule has 0 rings (SSSR count). The fourth-order valence-electron chi connectivity index (χ4n) is 2.20. The van der Waals surface area contributed by atoms with Gasteiger partial charge < -0.3 is 4.74 Å². The fraction of sp³-hybridized carbons (Fsp3) is 0.786. The highest BCUT2D eigenvalue weighted by Gasteiger charge is 2.89. The molecule has 238 valence electrons. The smallest absolute Gasteiger partial charge is 0.460 e. The zero-order valence-corrected chi connectivity index (χ0v) is 19.5. The van der Waals surface area contributed by atoms with Gasteiger partial charge in [-0.3, -0.25) is 0 Å². The molecule has 0 heterocycles. The lowest BCUT2D eigenvalue weighted by atomic mass is 10.1. The second-order valence-corrected chi connectivity index (χ2v) is 11.6. The van der Waals surface area contributed by atoms with Gasteiger partial charge in [0.05, 0.1) is 6.61 Å². The number of hydrogen-bond donors (Lipinski definition) is 0. The number of esters is 1. The monoisotopic (exact) mass is 678 g/mol. The predicted molar refractivity (Wildman–Crippen MR) is 89.2 cm³/mol. The van der Waals surface area contributed by atoms with E-state index in [1.54, 1.807) is 0 Å². The third-order valence-corrected chi connectivity index (χ3v) is 9.72. The molecule has 0 bridgehead atoms. The van der Waals surface area contributed by atoms with Gasteiger partial charge >= 0.3 is 52.5 Å². The zero-order chi connectivity index (χ0) is 33.0. The van der Waals surface area contributed by atoms with Crippen LogP contribution in [0.25, 0.3) is 0 Å². The van der Waals surface area contributed by atoms with Gasteiger partial charge in [0, 0.05) is 12.5 Å². The molecule has 40 heavy (non-hydrogen) atoms. The molecule has 0 atom stereocenters. The molecule has 0 fully saturated rings. The van der Waals surface area contributed by atoms with E-state index in [4.69, 9.17) is 0 Å². The summed E-state index contributed by atoms with van der Waals surface area (Å²) in [6.07, 6.45) is -18.7. The van der Waals surface area contributed by atoms with E-state index in [0.717, 1.165) is 0 Å². The summed E-state index contributed by atoms with van der Waals surface area (Å²) in [5.41, 5.74) is 0. The van der Waals surface area contributed by atoms with Crippen molar-refractivity contribution in [3.8, 4) is 0 Å². The van der Waals surface area contributed by atoms with E-state index in [1.165, 1.54) is 0 Å². The first kappa shape index (κ1) is 37.9. The highest BCUT2D eigenvalue weighted by Crippen LogP contribution is 2.59. The van der Waals surface area contributed by atoms with E-state index in [-0.39, 0.29) is 6.08 Å². The SMILES string of the molecule is C=CC(=O)OCCC(S(=O)(=O)C(F)(F)C(F)(F)C(F)(F)C(F)(F)F)S(=O)(=O)C(F)(F)C(F)(F)C(F)(F)C(F)(F)F. The molecule has 0 saturated heterocycles. The van der Waals surface area contributed by atoms with Crippen LogP contribution < -0.4 is 0 Å². The Balaban J connectivity index is 7.53. The highest BCUT2D eigenvalue weighted by atomic mass is 32.3. The molecule has 0 N–H and O–H groups in total. The Hall–Kier alpha value is -2.15. The molecule has 0 aromatic heterocycles. The Morgan fingerprint density at radius 3 is 1.10 bits per heavy atom. The van der Waals surface area contributed by atoms with Gasteiger partial charge in [0.25, 0.3) is 0 Å². The van der Waals surface area contributed by atoms with Crippen molar-refractivity contribution in [2.24, 2.45) is 0 Å². The number of alkyl halides is 18. The molecule has 0 aliphatic heterocycles. The van der Waals surface area contributed by atoms with Gasteiger partial charge in [0.15, 0.2) is 4.58 Å². The van der Waals surface area contributed by atoms with E-state index >= 15 is 0 Å². The van der Waals surface area contributed by atoms with Crippen LogP contribution in [0.4, 0.5) is 79.0 Å². The molecule has 26 heteroatoms. The normalized spacial score (nSPS) is 15.8. The molecule has 0 saturated carbocycles. The Morgan fingerprint density at radius 2 is 0.875 bits per heavy atom. The van der Waals surface area contributed by atoms with Crippen LogP contribution in [0.2, 0.25) is 0 Å². The van der Waals surface area contributed by atoms with Crippen LogP contribution in [0.3, 0.4) is 0 Å². The van der Waals surface area contributed by atoms with Crippen LogP contribution in [0.5, 0.6) is 0 Å². The molecular weight excluding hydrogens is 670 g/mol. The topological polar surface area (TPSA) is 94.6 Å². The molecule has 0 unspecified atom stereocenters. The summed E-state index contributed by atoms with van der Waals surface area (Å²) in [4.78, 5) is 10.9. The maximum atomic E-state index is 14.1. The molecule has 0 amide bonds. The third-order valence-electron chi connectivity index (χ3n) is 4.40. The minimum Gasteiger partial charge on any atom is -0.462 e. The van der Waals surface area contributed by atoms with Crippen LogP contribution in [-0.2, 0) is 29.2 Å². The molecule has 0 aromatic rings. The Kier molecular flexibility index (Phi) is 9.73. The van der Waals surface area contributed by atoms with Crippen molar-refractivity contribution < 1.29 is 105 Å². The van der Waals surface area contributed by atoms with Gasteiger partial charge in [-0.2, -0.15) is 79.0 Å². The number of hydrogen-bond acceptors (Lipinski definition) is 6. The summed E-state index contributed by atoms with van der Waals surface area (Å²) in [6.45, 7) is 0.239.